The van der Waals surface area contributed by atoms with Crippen LogP contribution in [0.4, 0.5) is 4.39 Å². The van der Waals surface area contributed by atoms with Crippen molar-refractivity contribution in [3.05, 3.63) is 77.1 Å². The molecule has 0 saturated carbocycles. The van der Waals surface area contributed by atoms with Crippen LogP contribution in [0.25, 0.3) is 5.88 Å². The maximum Gasteiger partial charge on any atom is 0.218 e. The average Bonchev–Trinajstić information content (AvgIpc) is 3.15. The van der Waals surface area contributed by atoms with E-state index in [4.69, 9.17) is 4.74 Å². The zero-order valence-electron chi connectivity index (χ0n) is 13.4. The molecule has 4 rings (SSSR count). The molecule has 0 saturated heterocycles. The van der Waals surface area contributed by atoms with Gasteiger partial charge in [-0.15, -0.1) is 0 Å². The molecular formula is C20H15FN2O2. The van der Waals surface area contributed by atoms with Gasteiger partial charge in [-0.05, 0) is 36.2 Å². The first kappa shape index (κ1) is 15.4. The van der Waals surface area contributed by atoms with E-state index in [9.17, 15) is 14.4 Å². The molecule has 2 aliphatic rings. The van der Waals surface area contributed by atoms with Gasteiger partial charge in [0.25, 0.3) is 0 Å². The number of ether oxygens (including phenoxy) is 1. The van der Waals surface area contributed by atoms with Crippen molar-refractivity contribution in [2.24, 2.45) is 0 Å². The lowest BCUT2D eigenvalue weighted by Crippen LogP contribution is -2.26. The molecule has 0 N–H and O–H groups in total. The number of carbonyl (C=O) groups excluding carboxylic acids is 1. The topological polar surface area (TPSA) is 55.0 Å². The van der Waals surface area contributed by atoms with Crippen molar-refractivity contribution in [1.82, 2.24) is 4.57 Å². The summed E-state index contributed by atoms with van der Waals surface area (Å²) in [5, 5.41) is 9.81. The van der Waals surface area contributed by atoms with Crippen molar-refractivity contribution in [3.63, 3.8) is 0 Å². The number of benzene rings is 1. The number of nitriles is 1. The fourth-order valence-corrected chi connectivity index (χ4v) is 3.50. The summed E-state index contributed by atoms with van der Waals surface area (Å²) >= 11 is 0. The fraction of sp³-hybridized carbons (Fsp3) is 0.200. The molecule has 2 heterocycles. The number of carbonyl (C=O) groups is 1. The third-order valence-corrected chi connectivity index (χ3v) is 4.58. The predicted octanol–water partition coefficient (Wildman–Crippen LogP) is 4.14. The second-order valence-electron chi connectivity index (χ2n) is 6.12. The molecule has 0 fully saturated rings. The largest absolute Gasteiger partial charge is 0.443 e. The second-order valence-corrected chi connectivity index (χ2v) is 6.12. The highest BCUT2D eigenvalue weighted by molar-refractivity contribution is 6.00. The van der Waals surface area contributed by atoms with Crippen molar-refractivity contribution in [2.75, 3.05) is 0 Å². The highest BCUT2D eigenvalue weighted by Gasteiger charge is 2.39. The van der Waals surface area contributed by atoms with Crippen LogP contribution in [0.15, 0.2) is 65.7 Å². The minimum Gasteiger partial charge on any atom is -0.443 e. The van der Waals surface area contributed by atoms with Crippen molar-refractivity contribution < 1.29 is 13.9 Å². The minimum atomic E-state index is -0.602. The maximum absolute atomic E-state index is 13.8. The van der Waals surface area contributed by atoms with Gasteiger partial charge in [0.1, 0.15) is 23.2 Å². The van der Waals surface area contributed by atoms with Crippen LogP contribution in [0.1, 0.15) is 30.7 Å². The monoisotopic (exact) mass is 334 g/mol. The number of hydrogen-bond donors (Lipinski definition) is 0. The van der Waals surface area contributed by atoms with Crippen LogP contribution in [0.2, 0.25) is 0 Å². The van der Waals surface area contributed by atoms with E-state index >= 15 is 0 Å². The third kappa shape index (κ3) is 2.56. The zero-order valence-corrected chi connectivity index (χ0v) is 13.4. The summed E-state index contributed by atoms with van der Waals surface area (Å²) in [4.78, 5) is 12.6. The smallest absolute Gasteiger partial charge is 0.218 e. The molecule has 2 aromatic rings. The van der Waals surface area contributed by atoms with Gasteiger partial charge < -0.3 is 4.74 Å². The van der Waals surface area contributed by atoms with Gasteiger partial charge in [-0.25, -0.2) is 4.39 Å². The molecule has 1 atom stereocenters. The average molecular weight is 334 g/mol. The summed E-state index contributed by atoms with van der Waals surface area (Å²) in [6.07, 6.45) is 5.34. The third-order valence-electron chi connectivity index (χ3n) is 4.58. The number of rotatable bonds is 2. The quantitative estimate of drug-likeness (QED) is 0.829. The van der Waals surface area contributed by atoms with Gasteiger partial charge in [-0.1, -0.05) is 12.1 Å². The standard InChI is InChI=1S/C20H15FN2O2/c21-14-6-3-5-13(11-14)18-15(12-22)20(23-9-1-2-10-23)25-17-8-4-7-16(24)19(17)18/h1-3,5-6,9-11,18H,4,7-8H2. The molecular weight excluding hydrogens is 319 g/mol. The molecule has 1 aliphatic carbocycles. The van der Waals surface area contributed by atoms with E-state index in [1.54, 1.807) is 29.1 Å². The van der Waals surface area contributed by atoms with Crippen LogP contribution in [-0.4, -0.2) is 10.4 Å². The number of aromatic nitrogens is 1. The van der Waals surface area contributed by atoms with Crippen LogP contribution in [0.5, 0.6) is 0 Å². The molecule has 25 heavy (non-hydrogen) atoms. The van der Waals surface area contributed by atoms with Crippen LogP contribution in [0.3, 0.4) is 0 Å². The summed E-state index contributed by atoms with van der Waals surface area (Å²) in [5.41, 5.74) is 1.40. The van der Waals surface area contributed by atoms with Crippen LogP contribution in [-0.2, 0) is 9.53 Å². The summed E-state index contributed by atoms with van der Waals surface area (Å²) in [6, 6.07) is 11.9. The Labute approximate surface area is 144 Å². The molecule has 1 aromatic heterocycles. The molecule has 124 valence electrons. The van der Waals surface area contributed by atoms with Crippen LogP contribution >= 0.6 is 0 Å². The van der Waals surface area contributed by atoms with Crippen molar-refractivity contribution in [2.45, 2.75) is 25.2 Å². The number of ketones is 1. The minimum absolute atomic E-state index is 0.0326. The van der Waals surface area contributed by atoms with Crippen molar-refractivity contribution in [1.29, 1.82) is 5.26 Å². The Bertz CT molecular complexity index is 948. The first-order chi connectivity index (χ1) is 12.2. The van der Waals surface area contributed by atoms with E-state index < -0.39 is 11.7 Å². The maximum atomic E-state index is 13.8. The number of halogens is 1. The van der Waals surface area contributed by atoms with E-state index in [-0.39, 0.29) is 5.78 Å². The molecule has 0 spiro atoms. The van der Waals surface area contributed by atoms with E-state index in [0.29, 0.717) is 47.6 Å². The number of allylic oxidation sites excluding steroid dienone is 3. The lowest BCUT2D eigenvalue weighted by molar-refractivity contribution is -0.116. The van der Waals surface area contributed by atoms with Gasteiger partial charge in [-0.2, -0.15) is 5.26 Å². The van der Waals surface area contributed by atoms with Crippen LogP contribution < -0.4 is 0 Å². The van der Waals surface area contributed by atoms with Gasteiger partial charge in [0.05, 0.1) is 5.92 Å². The highest BCUT2D eigenvalue weighted by atomic mass is 19.1. The fourth-order valence-electron chi connectivity index (χ4n) is 3.50. The zero-order chi connectivity index (χ0) is 17.4. The van der Waals surface area contributed by atoms with E-state index in [0.717, 1.165) is 0 Å². The summed E-state index contributed by atoms with van der Waals surface area (Å²) < 4.78 is 21.5. The molecule has 0 bridgehead atoms. The van der Waals surface area contributed by atoms with Crippen LogP contribution in [0, 0.1) is 17.1 Å². The van der Waals surface area contributed by atoms with Gasteiger partial charge in [0, 0.05) is 30.8 Å². The summed E-state index contributed by atoms with van der Waals surface area (Å²) in [5.74, 6) is -0.0536. The molecule has 1 unspecified atom stereocenters. The Morgan fingerprint density at radius 3 is 2.72 bits per heavy atom. The van der Waals surface area contributed by atoms with Crippen molar-refractivity contribution >= 4 is 11.7 Å². The summed E-state index contributed by atoms with van der Waals surface area (Å²) in [6.45, 7) is 0. The molecule has 1 aliphatic heterocycles. The van der Waals surface area contributed by atoms with Gasteiger partial charge >= 0.3 is 0 Å². The lowest BCUT2D eigenvalue weighted by atomic mass is 9.77. The Kier molecular flexibility index (Phi) is 3.73. The predicted molar refractivity (Wildman–Crippen MR) is 89.4 cm³/mol. The Morgan fingerprint density at radius 1 is 1.20 bits per heavy atom. The Balaban J connectivity index is 1.96. The normalized spacial score (nSPS) is 20.2. The van der Waals surface area contributed by atoms with E-state index in [1.165, 1.54) is 12.1 Å². The molecule has 5 heteroatoms. The molecule has 0 amide bonds. The first-order valence-corrected chi connectivity index (χ1v) is 8.16. The molecule has 4 nitrogen and oxygen atoms in total. The first-order valence-electron chi connectivity index (χ1n) is 8.16. The Hall–Kier alpha value is -3.13. The molecule has 1 aromatic carbocycles. The van der Waals surface area contributed by atoms with E-state index in [2.05, 4.69) is 6.07 Å². The van der Waals surface area contributed by atoms with E-state index in [1.807, 2.05) is 12.1 Å². The van der Waals surface area contributed by atoms with Gasteiger partial charge in [0.15, 0.2) is 5.78 Å². The summed E-state index contributed by atoms with van der Waals surface area (Å²) in [7, 11) is 0. The highest BCUT2D eigenvalue weighted by Crippen LogP contribution is 2.45. The number of hydrogen-bond acceptors (Lipinski definition) is 3. The van der Waals surface area contributed by atoms with Gasteiger partial charge in [-0.3, -0.25) is 9.36 Å². The second kappa shape index (κ2) is 6.06. The molecule has 0 radical (unpaired) electrons. The number of Topliss-reactive ketones (excluding diaryl/α,β-unsaturated/α-hetero) is 1. The lowest BCUT2D eigenvalue weighted by Gasteiger charge is -2.32. The number of nitrogens with zero attached hydrogens (tertiary/aromatic N) is 2. The van der Waals surface area contributed by atoms with Crippen molar-refractivity contribution in [3.8, 4) is 6.07 Å². The SMILES string of the molecule is N#CC1=C(n2cccc2)OC2=C(C(=O)CCC2)C1c1cccc(F)c1. The Morgan fingerprint density at radius 2 is 2.00 bits per heavy atom. The van der Waals surface area contributed by atoms with Gasteiger partial charge in [0.2, 0.25) is 5.88 Å².